The van der Waals surface area contributed by atoms with E-state index >= 15 is 0 Å². The zero-order chi connectivity index (χ0) is 13.6. The molecule has 0 fully saturated rings. The highest BCUT2D eigenvalue weighted by Gasteiger charge is 2.20. The number of fused-ring (bicyclic) bond motifs is 1. The van der Waals surface area contributed by atoms with Crippen molar-refractivity contribution in [3.63, 3.8) is 0 Å². The van der Waals surface area contributed by atoms with Crippen LogP contribution in [0.1, 0.15) is 32.4 Å². The Kier molecular flexibility index (Phi) is 2.45. The highest BCUT2D eigenvalue weighted by Crippen LogP contribution is 2.28. The lowest BCUT2D eigenvalue weighted by atomic mass is 9.94. The molecule has 0 aliphatic carbocycles. The molecule has 0 bridgehead atoms. The maximum absolute atomic E-state index is 5.90. The lowest BCUT2D eigenvalue weighted by Gasteiger charge is -2.14. The molecule has 0 N–H and O–H groups in total. The molecule has 0 radical (unpaired) electrons. The lowest BCUT2D eigenvalue weighted by Crippen LogP contribution is -2.09. The molecule has 0 aliphatic heterocycles. The third-order valence-electron chi connectivity index (χ3n) is 2.92. The summed E-state index contributed by atoms with van der Waals surface area (Å²) in [5, 5.41) is 4.34. The molecule has 98 valence electrons. The van der Waals surface area contributed by atoms with Crippen LogP contribution in [0.3, 0.4) is 0 Å². The fourth-order valence-corrected chi connectivity index (χ4v) is 1.95. The van der Waals surface area contributed by atoms with Crippen molar-refractivity contribution in [1.82, 2.24) is 19.6 Å². The summed E-state index contributed by atoms with van der Waals surface area (Å²) in [6.07, 6.45) is 1.72. The molecule has 3 aromatic rings. The van der Waals surface area contributed by atoms with Crippen molar-refractivity contribution in [2.24, 2.45) is 0 Å². The van der Waals surface area contributed by atoms with Crippen LogP contribution in [0.2, 0.25) is 0 Å². The van der Waals surface area contributed by atoms with Crippen LogP contribution in [-0.2, 0) is 5.41 Å². The Morgan fingerprint density at radius 2 is 1.95 bits per heavy atom. The van der Waals surface area contributed by atoms with E-state index in [2.05, 4.69) is 35.8 Å². The van der Waals surface area contributed by atoms with Gasteiger partial charge in [-0.15, -0.1) is 5.10 Å². The fourth-order valence-electron chi connectivity index (χ4n) is 1.95. The average Bonchev–Trinajstić information content (AvgIpc) is 2.91. The van der Waals surface area contributed by atoms with Gasteiger partial charge in [0.2, 0.25) is 0 Å². The van der Waals surface area contributed by atoms with Gasteiger partial charge < -0.3 is 4.42 Å². The minimum atomic E-state index is -0.0234. The molecule has 0 aliphatic rings. The second kappa shape index (κ2) is 3.91. The van der Waals surface area contributed by atoms with Crippen molar-refractivity contribution >= 4 is 5.65 Å². The average molecular weight is 256 g/mol. The van der Waals surface area contributed by atoms with Gasteiger partial charge in [0.1, 0.15) is 11.6 Å². The Labute approximate surface area is 111 Å². The number of aromatic nitrogens is 4. The van der Waals surface area contributed by atoms with E-state index in [0.717, 1.165) is 17.2 Å². The van der Waals surface area contributed by atoms with Crippen molar-refractivity contribution in [2.45, 2.75) is 33.1 Å². The quantitative estimate of drug-likeness (QED) is 0.671. The first-order chi connectivity index (χ1) is 8.95. The van der Waals surface area contributed by atoms with E-state index in [0.29, 0.717) is 11.6 Å². The number of rotatable bonds is 1. The zero-order valence-electron chi connectivity index (χ0n) is 11.5. The molecule has 5 nitrogen and oxygen atoms in total. The van der Waals surface area contributed by atoms with Crippen LogP contribution in [0.5, 0.6) is 0 Å². The van der Waals surface area contributed by atoms with E-state index in [1.807, 2.05) is 25.1 Å². The second-order valence-electron chi connectivity index (χ2n) is 5.61. The predicted octanol–water partition coefficient (Wildman–Crippen LogP) is 2.99. The number of aryl methyl sites for hydroxylation is 1. The summed E-state index contributed by atoms with van der Waals surface area (Å²) in [5.41, 5.74) is 0.751. The molecule has 0 aromatic carbocycles. The predicted molar refractivity (Wildman–Crippen MR) is 71.9 cm³/mol. The molecule has 3 heterocycles. The molecule has 3 aromatic heterocycles. The summed E-state index contributed by atoms with van der Waals surface area (Å²) in [6, 6.07) is 5.75. The molecule has 0 amide bonds. The first-order valence-corrected chi connectivity index (χ1v) is 6.24. The maximum Gasteiger partial charge on any atom is 0.198 e. The molecule has 0 unspecified atom stereocenters. The maximum atomic E-state index is 5.90. The minimum Gasteiger partial charge on any atom is -0.457 e. The van der Waals surface area contributed by atoms with E-state index in [4.69, 9.17) is 4.42 Å². The van der Waals surface area contributed by atoms with Gasteiger partial charge in [-0.1, -0.05) is 20.8 Å². The molecule has 0 saturated carbocycles. The van der Waals surface area contributed by atoms with Crippen molar-refractivity contribution in [2.75, 3.05) is 0 Å². The monoisotopic (exact) mass is 256 g/mol. The van der Waals surface area contributed by atoms with Gasteiger partial charge in [0.15, 0.2) is 17.2 Å². The van der Waals surface area contributed by atoms with E-state index in [1.165, 1.54) is 0 Å². The summed E-state index contributed by atoms with van der Waals surface area (Å²) in [5.74, 6) is 3.03. The summed E-state index contributed by atoms with van der Waals surface area (Å²) in [4.78, 5) is 8.68. The largest absolute Gasteiger partial charge is 0.457 e. The van der Waals surface area contributed by atoms with Gasteiger partial charge in [-0.3, -0.25) is 0 Å². The highest BCUT2D eigenvalue weighted by atomic mass is 16.3. The highest BCUT2D eigenvalue weighted by molar-refractivity contribution is 5.53. The Bertz CT molecular complexity index is 733. The first kappa shape index (κ1) is 11.9. The second-order valence-corrected chi connectivity index (χ2v) is 5.61. The van der Waals surface area contributed by atoms with Crippen LogP contribution in [-0.4, -0.2) is 19.6 Å². The number of furan rings is 1. The number of nitrogens with zero attached hydrogens (tertiary/aromatic N) is 4. The molecule has 0 spiro atoms. The Morgan fingerprint density at radius 3 is 2.63 bits per heavy atom. The Balaban J connectivity index is 2.16. The SMILES string of the molecule is Cc1nc2ccnc(-c3ccc(C(C)(C)C)o3)n2n1. The van der Waals surface area contributed by atoms with E-state index < -0.39 is 0 Å². The lowest BCUT2D eigenvalue weighted by molar-refractivity contribution is 0.415. The van der Waals surface area contributed by atoms with E-state index in [9.17, 15) is 0 Å². The molecule has 0 saturated heterocycles. The number of hydrogen-bond acceptors (Lipinski definition) is 4. The van der Waals surface area contributed by atoms with Gasteiger partial charge in [0, 0.05) is 17.7 Å². The smallest absolute Gasteiger partial charge is 0.198 e. The van der Waals surface area contributed by atoms with E-state index in [1.54, 1.807) is 10.7 Å². The molecule has 3 rings (SSSR count). The molecular formula is C14H16N4O. The van der Waals surface area contributed by atoms with Gasteiger partial charge in [-0.25, -0.2) is 9.97 Å². The normalized spacial score (nSPS) is 12.2. The van der Waals surface area contributed by atoms with Crippen LogP contribution in [0.25, 0.3) is 17.2 Å². The van der Waals surface area contributed by atoms with Crippen molar-refractivity contribution in [3.8, 4) is 11.6 Å². The summed E-state index contributed by atoms with van der Waals surface area (Å²) >= 11 is 0. The van der Waals surface area contributed by atoms with Crippen LogP contribution >= 0.6 is 0 Å². The molecular weight excluding hydrogens is 240 g/mol. The Morgan fingerprint density at radius 1 is 1.16 bits per heavy atom. The summed E-state index contributed by atoms with van der Waals surface area (Å²) in [7, 11) is 0. The van der Waals surface area contributed by atoms with Crippen LogP contribution < -0.4 is 0 Å². The van der Waals surface area contributed by atoms with Crippen molar-refractivity contribution in [1.29, 1.82) is 0 Å². The van der Waals surface area contributed by atoms with Crippen LogP contribution in [0, 0.1) is 6.92 Å². The van der Waals surface area contributed by atoms with E-state index in [-0.39, 0.29) is 5.41 Å². The third-order valence-corrected chi connectivity index (χ3v) is 2.92. The zero-order valence-corrected chi connectivity index (χ0v) is 11.5. The topological polar surface area (TPSA) is 56.2 Å². The van der Waals surface area contributed by atoms with Crippen LogP contribution in [0.4, 0.5) is 0 Å². The van der Waals surface area contributed by atoms with Gasteiger partial charge in [0.25, 0.3) is 0 Å². The van der Waals surface area contributed by atoms with Gasteiger partial charge in [0.05, 0.1) is 0 Å². The van der Waals surface area contributed by atoms with Crippen LogP contribution in [0.15, 0.2) is 28.8 Å². The third kappa shape index (κ3) is 2.01. The minimum absolute atomic E-state index is 0.0234. The van der Waals surface area contributed by atoms with Gasteiger partial charge in [-0.2, -0.15) is 4.52 Å². The molecule has 5 heteroatoms. The summed E-state index contributed by atoms with van der Waals surface area (Å²) < 4.78 is 7.61. The molecule has 0 atom stereocenters. The fraction of sp³-hybridized carbons (Fsp3) is 0.357. The van der Waals surface area contributed by atoms with Crippen molar-refractivity contribution in [3.05, 3.63) is 36.0 Å². The molecule has 19 heavy (non-hydrogen) atoms. The summed E-state index contributed by atoms with van der Waals surface area (Å²) in [6.45, 7) is 8.20. The van der Waals surface area contributed by atoms with Gasteiger partial charge >= 0.3 is 0 Å². The Hall–Kier alpha value is -2.17. The number of hydrogen-bond donors (Lipinski definition) is 0. The first-order valence-electron chi connectivity index (χ1n) is 6.24. The van der Waals surface area contributed by atoms with Crippen molar-refractivity contribution < 1.29 is 4.42 Å². The standard InChI is InChI=1S/C14H16N4O/c1-9-16-12-7-8-15-13(18(12)17-9)10-5-6-11(19-10)14(2,3)4/h5-8H,1-4H3. The van der Waals surface area contributed by atoms with Gasteiger partial charge in [-0.05, 0) is 19.1 Å².